The van der Waals surface area contributed by atoms with E-state index in [9.17, 15) is 23.7 Å². The second-order valence-corrected chi connectivity index (χ2v) is 6.47. The molecular weight excluding hydrogens is 384 g/mol. The van der Waals surface area contributed by atoms with Crippen LogP contribution in [-0.4, -0.2) is 35.6 Å². The Hall–Kier alpha value is -3.36. The van der Waals surface area contributed by atoms with Gasteiger partial charge in [-0.2, -0.15) is 0 Å². The number of hydrogen-bond acceptors (Lipinski definition) is 6. The molecule has 0 saturated carbocycles. The molecule has 0 atom stereocenters. The highest BCUT2D eigenvalue weighted by atomic mass is 19.2. The number of rotatable bonds is 5. The molecule has 2 aromatic rings. The Kier molecular flexibility index (Phi) is 6.16. The van der Waals surface area contributed by atoms with E-state index in [0.717, 1.165) is 17.7 Å². The zero-order chi connectivity index (χ0) is 21.0. The van der Waals surface area contributed by atoms with E-state index in [0.29, 0.717) is 31.5 Å². The lowest BCUT2D eigenvalue weighted by Crippen LogP contribution is -2.32. The Morgan fingerprint density at radius 1 is 1.28 bits per heavy atom. The van der Waals surface area contributed by atoms with Gasteiger partial charge in [0.2, 0.25) is 5.82 Å². The number of nitro groups is 1. The number of ether oxygens (including phenoxy) is 1. The van der Waals surface area contributed by atoms with Gasteiger partial charge in [-0.3, -0.25) is 10.1 Å². The average molecular weight is 403 g/mol. The lowest BCUT2D eigenvalue weighted by atomic mass is 10.0. The Labute approximate surface area is 165 Å². The van der Waals surface area contributed by atoms with E-state index in [1.807, 2.05) is 0 Å². The minimum atomic E-state index is -0.910. The fourth-order valence-electron chi connectivity index (χ4n) is 3.22. The number of anilines is 1. The lowest BCUT2D eigenvalue weighted by molar-refractivity contribution is -0.384. The number of carbonyl (C=O) groups is 1. The Bertz CT molecular complexity index is 968. The van der Waals surface area contributed by atoms with Crippen molar-refractivity contribution in [2.45, 2.75) is 19.8 Å². The second-order valence-electron chi connectivity index (χ2n) is 6.47. The van der Waals surface area contributed by atoms with Crippen molar-refractivity contribution in [2.75, 3.05) is 24.6 Å². The van der Waals surface area contributed by atoms with Gasteiger partial charge in [-0.05, 0) is 43.5 Å². The van der Waals surface area contributed by atoms with Crippen LogP contribution in [0.5, 0.6) is 0 Å². The van der Waals surface area contributed by atoms with Gasteiger partial charge in [-0.25, -0.2) is 18.6 Å². The number of pyridine rings is 1. The summed E-state index contributed by atoms with van der Waals surface area (Å²) in [4.78, 5) is 28.9. The molecule has 1 aliphatic rings. The van der Waals surface area contributed by atoms with Crippen LogP contribution in [-0.2, 0) is 4.74 Å². The molecule has 0 radical (unpaired) electrons. The summed E-state index contributed by atoms with van der Waals surface area (Å²) in [7, 11) is 0. The topological polar surface area (TPSA) is 85.6 Å². The van der Waals surface area contributed by atoms with Crippen LogP contribution < -0.4 is 4.90 Å². The number of aromatic nitrogens is 1. The van der Waals surface area contributed by atoms with Crippen LogP contribution in [0.25, 0.3) is 6.08 Å². The first-order chi connectivity index (χ1) is 13.9. The molecular formula is C20H19F2N3O4. The molecule has 0 spiro atoms. The minimum Gasteiger partial charge on any atom is -0.462 e. The van der Waals surface area contributed by atoms with Crippen LogP contribution in [0.4, 0.5) is 20.3 Å². The SMILES string of the molecule is CCOC(=O)c1ccnc(N2CCC(=Cc3ccc(F)c(F)c3)CC2)c1[N+](=O)[O-]. The van der Waals surface area contributed by atoms with Crippen molar-refractivity contribution in [3.63, 3.8) is 0 Å². The van der Waals surface area contributed by atoms with E-state index in [1.165, 1.54) is 18.3 Å². The monoisotopic (exact) mass is 403 g/mol. The van der Waals surface area contributed by atoms with Crippen LogP contribution in [0, 0.1) is 21.7 Å². The highest BCUT2D eigenvalue weighted by Crippen LogP contribution is 2.33. The molecule has 29 heavy (non-hydrogen) atoms. The quantitative estimate of drug-likeness (QED) is 0.424. The van der Waals surface area contributed by atoms with Crippen molar-refractivity contribution in [2.24, 2.45) is 0 Å². The maximum Gasteiger partial charge on any atom is 0.345 e. The molecule has 1 aliphatic heterocycles. The molecule has 0 aliphatic carbocycles. The normalized spacial score (nSPS) is 13.9. The number of carbonyl (C=O) groups excluding carboxylic acids is 1. The molecule has 3 rings (SSSR count). The van der Waals surface area contributed by atoms with Gasteiger partial charge in [0.1, 0.15) is 5.56 Å². The number of halogens is 2. The minimum absolute atomic E-state index is 0.107. The Balaban J connectivity index is 1.81. The van der Waals surface area contributed by atoms with Crippen LogP contribution in [0.2, 0.25) is 0 Å². The molecule has 1 aromatic heterocycles. The number of nitrogens with zero attached hydrogens (tertiary/aromatic N) is 3. The molecule has 0 bridgehead atoms. The number of piperidine rings is 1. The van der Waals surface area contributed by atoms with E-state index < -0.39 is 22.5 Å². The molecule has 1 aromatic carbocycles. The van der Waals surface area contributed by atoms with Crippen LogP contribution in [0.3, 0.4) is 0 Å². The highest BCUT2D eigenvalue weighted by molar-refractivity contribution is 5.96. The summed E-state index contributed by atoms with van der Waals surface area (Å²) in [5.74, 6) is -2.46. The maximum absolute atomic E-state index is 13.4. The van der Waals surface area contributed by atoms with Crippen molar-refractivity contribution in [3.8, 4) is 0 Å². The first-order valence-corrected chi connectivity index (χ1v) is 9.10. The summed E-state index contributed by atoms with van der Waals surface area (Å²) in [5.41, 5.74) is 1.06. The van der Waals surface area contributed by atoms with Crippen molar-refractivity contribution in [1.82, 2.24) is 4.98 Å². The van der Waals surface area contributed by atoms with E-state index in [4.69, 9.17) is 4.74 Å². The van der Waals surface area contributed by atoms with Crippen LogP contribution in [0.15, 0.2) is 36.0 Å². The van der Waals surface area contributed by atoms with Crippen LogP contribution in [0.1, 0.15) is 35.7 Å². The maximum atomic E-state index is 13.4. The Morgan fingerprint density at radius 3 is 2.62 bits per heavy atom. The number of esters is 1. The van der Waals surface area contributed by atoms with Gasteiger partial charge in [0.25, 0.3) is 0 Å². The summed E-state index contributed by atoms with van der Waals surface area (Å²) < 4.78 is 31.3. The van der Waals surface area contributed by atoms with Crippen molar-refractivity contribution >= 4 is 23.6 Å². The van der Waals surface area contributed by atoms with Gasteiger partial charge in [0, 0.05) is 19.3 Å². The molecule has 1 saturated heterocycles. The number of benzene rings is 1. The molecule has 0 unspecified atom stereocenters. The first kappa shape index (κ1) is 20.4. The highest BCUT2D eigenvalue weighted by Gasteiger charge is 2.30. The predicted molar refractivity (Wildman–Crippen MR) is 103 cm³/mol. The number of hydrogen-bond donors (Lipinski definition) is 0. The van der Waals surface area contributed by atoms with Gasteiger partial charge in [0.15, 0.2) is 11.6 Å². The van der Waals surface area contributed by atoms with Crippen LogP contribution >= 0.6 is 0 Å². The average Bonchev–Trinajstić information content (AvgIpc) is 2.71. The molecule has 0 N–H and O–H groups in total. The Morgan fingerprint density at radius 2 is 2.00 bits per heavy atom. The van der Waals surface area contributed by atoms with E-state index in [1.54, 1.807) is 17.9 Å². The molecule has 1 fully saturated rings. The third-order valence-corrected chi connectivity index (χ3v) is 4.60. The van der Waals surface area contributed by atoms with Gasteiger partial charge in [-0.1, -0.05) is 17.7 Å². The zero-order valence-electron chi connectivity index (χ0n) is 15.7. The van der Waals surface area contributed by atoms with Crippen molar-refractivity contribution in [3.05, 3.63) is 68.9 Å². The first-order valence-electron chi connectivity index (χ1n) is 9.10. The smallest absolute Gasteiger partial charge is 0.345 e. The van der Waals surface area contributed by atoms with Gasteiger partial charge in [0.05, 0.1) is 11.5 Å². The van der Waals surface area contributed by atoms with Gasteiger partial charge < -0.3 is 9.64 Å². The van der Waals surface area contributed by atoms with Gasteiger partial charge in [-0.15, -0.1) is 0 Å². The predicted octanol–water partition coefficient (Wildman–Crippen LogP) is 4.13. The summed E-state index contributed by atoms with van der Waals surface area (Å²) in [6, 6.07) is 4.97. The van der Waals surface area contributed by atoms with Crippen molar-refractivity contribution < 1.29 is 23.2 Å². The molecule has 0 amide bonds. The molecule has 7 nitrogen and oxygen atoms in total. The molecule has 2 heterocycles. The standard InChI is InChI=1S/C20H19F2N3O4/c1-2-29-20(26)15-5-8-23-19(18(15)25(27)28)24-9-6-13(7-10-24)11-14-3-4-16(21)17(22)12-14/h3-5,8,11-12H,2,6-7,9-10H2,1H3. The van der Waals surface area contributed by atoms with E-state index in [2.05, 4.69) is 4.98 Å². The molecule has 152 valence electrons. The fourth-order valence-corrected chi connectivity index (χ4v) is 3.22. The van der Waals surface area contributed by atoms with E-state index >= 15 is 0 Å². The lowest BCUT2D eigenvalue weighted by Gasteiger charge is -2.29. The largest absolute Gasteiger partial charge is 0.462 e. The summed E-state index contributed by atoms with van der Waals surface area (Å²) in [5, 5.41) is 11.6. The third-order valence-electron chi connectivity index (χ3n) is 4.60. The summed E-state index contributed by atoms with van der Waals surface area (Å²) in [6.45, 7) is 2.61. The van der Waals surface area contributed by atoms with Gasteiger partial charge >= 0.3 is 11.7 Å². The zero-order valence-corrected chi connectivity index (χ0v) is 15.7. The van der Waals surface area contributed by atoms with E-state index in [-0.39, 0.29) is 23.7 Å². The second kappa shape index (κ2) is 8.76. The third kappa shape index (κ3) is 4.56. The molecule has 9 heteroatoms. The van der Waals surface area contributed by atoms with Crippen molar-refractivity contribution in [1.29, 1.82) is 0 Å². The summed E-state index contributed by atoms with van der Waals surface area (Å²) in [6.07, 6.45) is 4.28. The fraction of sp³-hybridized carbons (Fsp3) is 0.300. The summed E-state index contributed by atoms with van der Waals surface area (Å²) >= 11 is 0.